The van der Waals surface area contributed by atoms with Crippen molar-refractivity contribution < 1.29 is 44.0 Å². The van der Waals surface area contributed by atoms with E-state index in [0.29, 0.717) is 13.0 Å². The molecule has 4 aliphatic rings. The Kier molecular flexibility index (Phi) is 6.71. The van der Waals surface area contributed by atoms with E-state index in [1.807, 2.05) is 0 Å². The number of phenols is 1. The van der Waals surface area contributed by atoms with E-state index >= 15 is 4.39 Å². The normalized spacial score (nSPS) is 30.1. The summed E-state index contributed by atoms with van der Waals surface area (Å²) in [5.41, 5.74) is 0.212. The maximum absolute atomic E-state index is 15.4. The molecule has 0 spiro atoms. The molecule has 0 bridgehead atoms. The van der Waals surface area contributed by atoms with Crippen molar-refractivity contribution in [2.45, 2.75) is 49.8 Å². The summed E-state index contributed by atoms with van der Waals surface area (Å²) in [6.45, 7) is 0.623. The predicted molar refractivity (Wildman–Crippen MR) is 138 cm³/mol. The molecule has 13 heteroatoms. The maximum Gasteiger partial charge on any atom is 0.255 e. The summed E-state index contributed by atoms with van der Waals surface area (Å²) in [4.78, 5) is 53.3. The first-order valence-corrected chi connectivity index (χ1v) is 13.0. The van der Waals surface area contributed by atoms with Crippen LogP contribution in [0.25, 0.3) is 0 Å². The van der Waals surface area contributed by atoms with Crippen molar-refractivity contribution in [1.82, 2.24) is 10.2 Å². The fraction of sp³-hybridized carbons (Fsp3) is 0.481. The number of likely N-dealkylation sites (N-methyl/N-ethyl adjacent to an activating group) is 1. The lowest BCUT2D eigenvalue weighted by atomic mass is 9.58. The number of primary amides is 1. The predicted octanol–water partition coefficient (Wildman–Crippen LogP) is 0.340. The van der Waals surface area contributed by atoms with Crippen LogP contribution in [0.5, 0.6) is 5.75 Å². The number of benzene rings is 1. The summed E-state index contributed by atoms with van der Waals surface area (Å²) in [5, 5.41) is 50.2. The number of fused-ring (bicyclic) bond motifs is 3. The number of carbonyl (C=O) groups excluding carboxylic acids is 4. The van der Waals surface area contributed by atoms with Crippen molar-refractivity contribution in [3.8, 4) is 5.75 Å². The maximum atomic E-state index is 15.4. The van der Waals surface area contributed by atoms with Crippen molar-refractivity contribution in [1.29, 1.82) is 0 Å². The van der Waals surface area contributed by atoms with Crippen LogP contribution >= 0.6 is 0 Å². The van der Waals surface area contributed by atoms with Gasteiger partial charge in [0.2, 0.25) is 11.7 Å². The second-order valence-electron chi connectivity index (χ2n) is 11.1. The van der Waals surface area contributed by atoms with Gasteiger partial charge in [0.1, 0.15) is 22.9 Å². The monoisotopic (exact) mass is 558 g/mol. The van der Waals surface area contributed by atoms with Gasteiger partial charge in [-0.3, -0.25) is 24.1 Å². The number of allylic oxidation sites excluding steroid dienone is 1. The molecule has 40 heavy (non-hydrogen) atoms. The number of nitrogens with one attached hydrogen (secondary N) is 2. The van der Waals surface area contributed by atoms with Crippen LogP contribution in [0.15, 0.2) is 28.7 Å². The van der Waals surface area contributed by atoms with Crippen LogP contribution in [0.3, 0.4) is 0 Å². The number of nitrogens with zero attached hydrogens (tertiary/aromatic N) is 1. The highest BCUT2D eigenvalue weighted by molar-refractivity contribution is 6.25. The summed E-state index contributed by atoms with van der Waals surface area (Å²) in [7, 11) is 3.04. The number of hydrogen-bond acceptors (Lipinski definition) is 10. The second-order valence-corrected chi connectivity index (χ2v) is 11.1. The molecule has 214 valence electrons. The van der Waals surface area contributed by atoms with Gasteiger partial charge in [-0.15, -0.1) is 0 Å². The molecular formula is C27H31FN4O8. The van der Waals surface area contributed by atoms with E-state index < -0.39 is 92.7 Å². The Morgan fingerprint density at radius 1 is 1.20 bits per heavy atom. The van der Waals surface area contributed by atoms with Crippen LogP contribution in [0.1, 0.15) is 41.6 Å². The lowest BCUT2D eigenvalue weighted by Crippen LogP contribution is -2.63. The average Bonchev–Trinajstić information content (AvgIpc) is 2.89. The molecule has 5 atom stereocenters. The fourth-order valence-electron chi connectivity index (χ4n) is 6.66. The fourth-order valence-corrected chi connectivity index (χ4v) is 6.66. The van der Waals surface area contributed by atoms with E-state index in [2.05, 4.69) is 10.6 Å². The minimum absolute atomic E-state index is 0.149. The van der Waals surface area contributed by atoms with E-state index in [0.717, 1.165) is 18.9 Å². The van der Waals surface area contributed by atoms with Gasteiger partial charge in [-0.25, -0.2) is 4.39 Å². The molecular weight excluding hydrogens is 527 g/mol. The number of hydrogen-bond donors (Lipinski definition) is 7. The van der Waals surface area contributed by atoms with Gasteiger partial charge in [0.25, 0.3) is 5.91 Å². The Morgan fingerprint density at radius 3 is 2.50 bits per heavy atom. The van der Waals surface area contributed by atoms with E-state index in [4.69, 9.17) is 5.73 Å². The van der Waals surface area contributed by atoms with Crippen LogP contribution in [0, 0.1) is 17.7 Å². The SMILES string of the molecule is CN(C)[C@@H]1C(O)=C(C(N)=O)C(=O)[C@@]2(O)C(O)=C3C(=O)c4c(O)c(NC(=O)[C@@H]5CCCCN5)cc(F)c4C[C@H]3C[C@@H]12. The molecule has 5 rings (SSSR count). The highest BCUT2D eigenvalue weighted by Crippen LogP contribution is 2.53. The molecule has 2 amide bonds. The van der Waals surface area contributed by atoms with Crippen LogP contribution in [0.4, 0.5) is 10.1 Å². The molecule has 1 saturated heterocycles. The number of phenolic OH excluding ortho intramolecular Hbond substituents is 1. The molecule has 0 radical (unpaired) electrons. The highest BCUT2D eigenvalue weighted by Gasteiger charge is 2.63. The lowest BCUT2D eigenvalue weighted by molar-refractivity contribution is -0.148. The number of aromatic hydroxyl groups is 1. The van der Waals surface area contributed by atoms with Crippen LogP contribution in [-0.2, 0) is 20.8 Å². The van der Waals surface area contributed by atoms with E-state index in [1.165, 1.54) is 19.0 Å². The molecule has 12 nitrogen and oxygen atoms in total. The zero-order valence-electron chi connectivity index (χ0n) is 22.0. The van der Waals surface area contributed by atoms with Crippen molar-refractivity contribution in [2.24, 2.45) is 17.6 Å². The van der Waals surface area contributed by atoms with E-state index in [-0.39, 0.29) is 24.1 Å². The number of ketones is 2. The third-order valence-electron chi connectivity index (χ3n) is 8.55. The van der Waals surface area contributed by atoms with Gasteiger partial charge in [0, 0.05) is 23.1 Å². The van der Waals surface area contributed by atoms with Gasteiger partial charge in [-0.2, -0.15) is 0 Å². The second kappa shape index (κ2) is 9.68. The average molecular weight is 559 g/mol. The number of piperidine rings is 1. The summed E-state index contributed by atoms with van der Waals surface area (Å²) in [6.07, 6.45) is 1.91. The molecule has 0 aromatic heterocycles. The Morgan fingerprint density at radius 2 is 1.90 bits per heavy atom. The van der Waals surface area contributed by atoms with Gasteiger partial charge in [0.15, 0.2) is 17.1 Å². The van der Waals surface area contributed by atoms with Crippen molar-refractivity contribution in [2.75, 3.05) is 26.0 Å². The molecule has 1 fully saturated rings. The number of carbonyl (C=O) groups is 4. The van der Waals surface area contributed by atoms with Crippen molar-refractivity contribution in [3.63, 3.8) is 0 Å². The van der Waals surface area contributed by atoms with Crippen LogP contribution in [-0.4, -0.2) is 87.0 Å². The van der Waals surface area contributed by atoms with E-state index in [9.17, 15) is 39.6 Å². The molecule has 1 aliphatic heterocycles. The first-order valence-electron chi connectivity index (χ1n) is 13.0. The molecule has 8 N–H and O–H groups in total. The number of anilines is 1. The molecule has 3 aliphatic carbocycles. The molecule has 1 aromatic carbocycles. The van der Waals surface area contributed by atoms with E-state index in [1.54, 1.807) is 0 Å². The largest absolute Gasteiger partial charge is 0.510 e. The van der Waals surface area contributed by atoms with Gasteiger partial charge >= 0.3 is 0 Å². The zero-order valence-corrected chi connectivity index (χ0v) is 22.0. The lowest BCUT2D eigenvalue weighted by Gasteiger charge is -2.50. The molecule has 0 unspecified atom stereocenters. The molecule has 0 saturated carbocycles. The number of halogens is 1. The first kappa shape index (κ1) is 27.7. The topological polar surface area (TPSA) is 203 Å². The number of amides is 2. The summed E-state index contributed by atoms with van der Waals surface area (Å²) >= 11 is 0. The van der Waals surface area contributed by atoms with Crippen LogP contribution < -0.4 is 16.4 Å². The number of nitrogens with two attached hydrogens (primary N) is 1. The zero-order chi connectivity index (χ0) is 29.3. The number of Topliss-reactive ketones (excluding diaryl/α,β-unsaturated/α-hetero) is 2. The smallest absolute Gasteiger partial charge is 0.255 e. The summed E-state index contributed by atoms with van der Waals surface area (Å²) < 4.78 is 15.4. The Balaban J connectivity index is 1.60. The number of aliphatic hydroxyl groups excluding tert-OH is 2. The molecule has 1 aromatic rings. The molecule has 1 heterocycles. The van der Waals surface area contributed by atoms with Gasteiger partial charge in [-0.1, -0.05) is 6.42 Å². The van der Waals surface area contributed by atoms with Crippen molar-refractivity contribution >= 4 is 29.1 Å². The number of rotatable bonds is 4. The third-order valence-corrected chi connectivity index (χ3v) is 8.55. The Bertz CT molecular complexity index is 1410. The quantitative estimate of drug-likeness (QED) is 0.199. The summed E-state index contributed by atoms with van der Waals surface area (Å²) in [6, 6.07) is -0.778. The minimum Gasteiger partial charge on any atom is -0.510 e. The third kappa shape index (κ3) is 3.91. The number of aliphatic hydroxyl groups is 3. The Labute approximate surface area is 228 Å². The highest BCUT2D eigenvalue weighted by atomic mass is 19.1. The summed E-state index contributed by atoms with van der Waals surface area (Å²) in [5.74, 6) is -9.66. The van der Waals surface area contributed by atoms with Crippen molar-refractivity contribution in [3.05, 3.63) is 45.7 Å². The van der Waals surface area contributed by atoms with Gasteiger partial charge in [-0.05, 0) is 52.2 Å². The van der Waals surface area contributed by atoms with Gasteiger partial charge in [0.05, 0.1) is 23.3 Å². The van der Waals surface area contributed by atoms with Crippen LogP contribution in [0.2, 0.25) is 0 Å². The Hall–Kier alpha value is -3.81. The minimum atomic E-state index is -2.79. The standard InChI is InChI=1S/C27H31FN4O8/c1-32(2)19-12-8-10-7-11-13(28)9-15(31-26(39)14-5-3-4-6-30-14)20(33)17(11)21(34)16(10)23(36)27(12,40)24(37)18(22(19)35)25(29)38/h9-10,12,14,19,30,33,35-36,40H,3-8H2,1-2H3,(H2,29,38)(H,31,39)/t10-,12-,14-,19-,27-/m0/s1. The van der Waals surface area contributed by atoms with Gasteiger partial charge < -0.3 is 36.8 Å². The first-order chi connectivity index (χ1) is 18.8.